The van der Waals surface area contributed by atoms with E-state index >= 15 is 0 Å². The van der Waals surface area contributed by atoms with Gasteiger partial charge in [-0.1, -0.05) is 18.9 Å². The highest BCUT2D eigenvalue weighted by molar-refractivity contribution is 6.22. The van der Waals surface area contributed by atoms with E-state index in [1.807, 2.05) is 0 Å². The molecule has 2 amide bonds. The molecule has 1 aromatic carbocycles. The Labute approximate surface area is 109 Å². The standard InChI is InChI=1S/C14H13NO4/c16-12-10-6-5-8(14(18)19)7-11(10)13(17)15(12)9-3-1-2-4-9/h5-7,9H,1-4H2,(H,18,19)/p-1. The van der Waals surface area contributed by atoms with Gasteiger partial charge < -0.3 is 9.90 Å². The molecule has 3 rings (SSSR count). The average Bonchev–Trinajstić information content (AvgIpc) is 2.98. The highest BCUT2D eigenvalue weighted by Gasteiger charge is 2.40. The van der Waals surface area contributed by atoms with Crippen LogP contribution in [0.2, 0.25) is 0 Å². The van der Waals surface area contributed by atoms with E-state index in [1.165, 1.54) is 23.1 Å². The fourth-order valence-corrected chi connectivity index (χ4v) is 2.88. The summed E-state index contributed by atoms with van der Waals surface area (Å²) in [6.45, 7) is 0. The molecule has 0 spiro atoms. The monoisotopic (exact) mass is 258 g/mol. The second kappa shape index (κ2) is 4.19. The summed E-state index contributed by atoms with van der Waals surface area (Å²) in [5.74, 6) is -2.03. The summed E-state index contributed by atoms with van der Waals surface area (Å²) >= 11 is 0. The Balaban J connectivity index is 2.01. The van der Waals surface area contributed by atoms with Gasteiger partial charge in [-0.2, -0.15) is 0 Å². The van der Waals surface area contributed by atoms with Crippen molar-refractivity contribution in [1.29, 1.82) is 0 Å². The first-order valence-corrected chi connectivity index (χ1v) is 6.33. The molecule has 1 saturated carbocycles. The van der Waals surface area contributed by atoms with Crippen molar-refractivity contribution in [2.45, 2.75) is 31.7 Å². The number of carbonyl (C=O) groups excluding carboxylic acids is 3. The fraction of sp³-hybridized carbons (Fsp3) is 0.357. The number of amides is 2. The van der Waals surface area contributed by atoms with Crippen LogP contribution in [0, 0.1) is 0 Å². The maximum atomic E-state index is 12.3. The van der Waals surface area contributed by atoms with Gasteiger partial charge in [-0.25, -0.2) is 0 Å². The molecule has 0 atom stereocenters. The number of carboxylic acids is 1. The van der Waals surface area contributed by atoms with Gasteiger partial charge in [0.25, 0.3) is 11.8 Å². The third-order valence-electron chi connectivity index (χ3n) is 3.84. The Hall–Kier alpha value is -2.17. The number of benzene rings is 1. The third kappa shape index (κ3) is 1.73. The Kier molecular flexibility index (Phi) is 2.62. The van der Waals surface area contributed by atoms with Crippen molar-refractivity contribution in [3.63, 3.8) is 0 Å². The van der Waals surface area contributed by atoms with Crippen molar-refractivity contribution in [1.82, 2.24) is 4.90 Å². The van der Waals surface area contributed by atoms with Crippen molar-refractivity contribution in [3.8, 4) is 0 Å². The lowest BCUT2D eigenvalue weighted by Gasteiger charge is -2.21. The second-order valence-electron chi connectivity index (χ2n) is 4.97. The van der Waals surface area contributed by atoms with Crippen LogP contribution in [0.5, 0.6) is 0 Å². The van der Waals surface area contributed by atoms with Gasteiger partial charge in [0.2, 0.25) is 0 Å². The predicted molar refractivity (Wildman–Crippen MR) is 63.5 cm³/mol. The van der Waals surface area contributed by atoms with Crippen LogP contribution in [0.1, 0.15) is 56.8 Å². The molecule has 0 saturated heterocycles. The minimum atomic E-state index is -1.35. The quantitative estimate of drug-likeness (QED) is 0.727. The zero-order valence-corrected chi connectivity index (χ0v) is 10.2. The minimum absolute atomic E-state index is 0.0428. The van der Waals surface area contributed by atoms with E-state index in [0.29, 0.717) is 5.56 Å². The Morgan fingerprint density at radius 3 is 2.37 bits per heavy atom. The van der Waals surface area contributed by atoms with Crippen molar-refractivity contribution >= 4 is 17.8 Å². The maximum absolute atomic E-state index is 12.3. The van der Waals surface area contributed by atoms with Gasteiger partial charge in [0, 0.05) is 6.04 Å². The van der Waals surface area contributed by atoms with Crippen LogP contribution in [-0.4, -0.2) is 28.7 Å². The van der Waals surface area contributed by atoms with Gasteiger partial charge in [0.05, 0.1) is 17.1 Å². The van der Waals surface area contributed by atoms with Crippen LogP contribution < -0.4 is 5.11 Å². The SMILES string of the molecule is O=C([O-])c1ccc2c(c1)C(=O)N(C1CCCC1)C2=O. The Morgan fingerprint density at radius 2 is 1.74 bits per heavy atom. The second-order valence-corrected chi connectivity index (χ2v) is 4.97. The van der Waals surface area contributed by atoms with E-state index < -0.39 is 5.97 Å². The molecule has 98 valence electrons. The van der Waals surface area contributed by atoms with E-state index in [4.69, 9.17) is 0 Å². The zero-order chi connectivity index (χ0) is 13.6. The number of nitrogens with zero attached hydrogens (tertiary/aromatic N) is 1. The topological polar surface area (TPSA) is 77.5 Å². The maximum Gasteiger partial charge on any atom is 0.261 e. The van der Waals surface area contributed by atoms with E-state index in [-0.39, 0.29) is 29.0 Å². The summed E-state index contributed by atoms with van der Waals surface area (Å²) in [7, 11) is 0. The van der Waals surface area contributed by atoms with Gasteiger partial charge in [0.1, 0.15) is 0 Å². The molecule has 5 heteroatoms. The summed E-state index contributed by atoms with van der Waals surface area (Å²) in [5, 5.41) is 10.8. The fourth-order valence-electron chi connectivity index (χ4n) is 2.88. The molecule has 1 aromatic rings. The molecule has 0 unspecified atom stereocenters. The summed E-state index contributed by atoms with van der Waals surface area (Å²) < 4.78 is 0. The molecule has 0 bridgehead atoms. The largest absolute Gasteiger partial charge is 0.545 e. The van der Waals surface area contributed by atoms with E-state index in [0.717, 1.165) is 25.7 Å². The lowest BCUT2D eigenvalue weighted by atomic mass is 10.1. The molecule has 5 nitrogen and oxygen atoms in total. The zero-order valence-electron chi connectivity index (χ0n) is 10.2. The molecular weight excluding hydrogens is 246 g/mol. The number of imide groups is 1. The van der Waals surface area contributed by atoms with Crippen LogP contribution in [0.3, 0.4) is 0 Å². The smallest absolute Gasteiger partial charge is 0.261 e. The van der Waals surface area contributed by atoms with Crippen LogP contribution in [0.25, 0.3) is 0 Å². The number of fused-ring (bicyclic) bond motifs is 1. The summed E-state index contributed by atoms with van der Waals surface area (Å²) in [6.07, 6.45) is 3.70. The van der Waals surface area contributed by atoms with Gasteiger partial charge >= 0.3 is 0 Å². The van der Waals surface area contributed by atoms with Gasteiger partial charge in [0.15, 0.2) is 0 Å². The van der Waals surface area contributed by atoms with Crippen molar-refractivity contribution < 1.29 is 19.5 Å². The summed E-state index contributed by atoms with van der Waals surface area (Å²) in [4.78, 5) is 36.6. The van der Waals surface area contributed by atoms with Crippen LogP contribution >= 0.6 is 0 Å². The molecule has 2 aliphatic rings. The molecule has 1 aliphatic heterocycles. The van der Waals surface area contributed by atoms with E-state index in [1.54, 1.807) is 0 Å². The van der Waals surface area contributed by atoms with Crippen molar-refractivity contribution in [2.75, 3.05) is 0 Å². The first-order chi connectivity index (χ1) is 9.09. The molecule has 1 aliphatic carbocycles. The molecular formula is C14H12NO4-. The van der Waals surface area contributed by atoms with Crippen LogP contribution in [0.15, 0.2) is 18.2 Å². The number of hydrogen-bond donors (Lipinski definition) is 0. The average molecular weight is 258 g/mol. The highest BCUT2D eigenvalue weighted by Crippen LogP contribution is 2.31. The van der Waals surface area contributed by atoms with Gasteiger partial charge in [-0.05, 0) is 30.5 Å². The predicted octanol–water partition coefficient (Wildman–Crippen LogP) is 0.589. The molecule has 0 aromatic heterocycles. The number of aromatic carboxylic acids is 1. The molecule has 0 N–H and O–H groups in total. The molecule has 19 heavy (non-hydrogen) atoms. The van der Waals surface area contributed by atoms with Crippen molar-refractivity contribution in [3.05, 3.63) is 34.9 Å². The summed E-state index contributed by atoms with van der Waals surface area (Å²) in [5.41, 5.74) is 0.397. The Bertz CT molecular complexity index is 587. The molecule has 1 heterocycles. The molecule has 1 fully saturated rings. The van der Waals surface area contributed by atoms with Gasteiger partial charge in [-0.15, -0.1) is 0 Å². The van der Waals surface area contributed by atoms with E-state index in [9.17, 15) is 19.5 Å². The van der Waals surface area contributed by atoms with Gasteiger partial charge in [-0.3, -0.25) is 14.5 Å². The van der Waals surface area contributed by atoms with Crippen LogP contribution in [0.4, 0.5) is 0 Å². The van der Waals surface area contributed by atoms with E-state index in [2.05, 4.69) is 0 Å². The normalized spacial score (nSPS) is 19.1. The Morgan fingerprint density at radius 1 is 1.11 bits per heavy atom. The summed E-state index contributed by atoms with van der Waals surface area (Å²) in [6, 6.07) is 3.89. The number of hydrogen-bond acceptors (Lipinski definition) is 4. The van der Waals surface area contributed by atoms with Crippen LogP contribution in [-0.2, 0) is 0 Å². The minimum Gasteiger partial charge on any atom is -0.545 e. The highest BCUT2D eigenvalue weighted by atomic mass is 16.4. The number of carbonyl (C=O) groups is 3. The number of carboxylic acid groups (broad SMARTS) is 1. The molecule has 0 radical (unpaired) electrons. The van der Waals surface area contributed by atoms with Crippen molar-refractivity contribution in [2.24, 2.45) is 0 Å². The lowest BCUT2D eigenvalue weighted by Crippen LogP contribution is -2.38. The number of rotatable bonds is 2. The lowest BCUT2D eigenvalue weighted by molar-refractivity contribution is -0.255. The first-order valence-electron chi connectivity index (χ1n) is 6.33. The first kappa shape index (κ1) is 11.9. The third-order valence-corrected chi connectivity index (χ3v) is 3.84.